The number of nitriles is 1. The van der Waals surface area contributed by atoms with Crippen LogP contribution in [0.2, 0.25) is 0 Å². The van der Waals surface area contributed by atoms with Crippen molar-refractivity contribution < 1.29 is 0 Å². The number of nitrogens with zero attached hydrogens (tertiary/aromatic N) is 3. The molecule has 1 heterocycles. The minimum atomic E-state index is -0.162. The highest BCUT2D eigenvalue weighted by Crippen LogP contribution is 2.12. The van der Waals surface area contributed by atoms with Gasteiger partial charge in [0, 0.05) is 18.7 Å². The van der Waals surface area contributed by atoms with Gasteiger partial charge in [0.2, 0.25) is 0 Å². The molecule has 0 amide bonds. The fourth-order valence-electron chi connectivity index (χ4n) is 1.52. The van der Waals surface area contributed by atoms with Crippen LogP contribution in [0.15, 0.2) is 10.9 Å². The largest absolute Gasteiger partial charge is 0.353 e. The highest BCUT2D eigenvalue weighted by molar-refractivity contribution is 5.38. The Kier molecular flexibility index (Phi) is 4.06. The lowest BCUT2D eigenvalue weighted by Gasteiger charge is -2.26. The van der Waals surface area contributed by atoms with Crippen LogP contribution in [-0.4, -0.2) is 22.6 Å². The van der Waals surface area contributed by atoms with E-state index in [9.17, 15) is 4.79 Å². The zero-order chi connectivity index (χ0) is 12.1. The van der Waals surface area contributed by atoms with Gasteiger partial charge >= 0.3 is 0 Å². The van der Waals surface area contributed by atoms with Crippen molar-refractivity contribution in [3.8, 4) is 6.07 Å². The van der Waals surface area contributed by atoms with E-state index < -0.39 is 0 Å². The van der Waals surface area contributed by atoms with E-state index >= 15 is 0 Å². The van der Waals surface area contributed by atoms with Gasteiger partial charge in [-0.2, -0.15) is 5.26 Å². The Morgan fingerprint density at radius 3 is 2.81 bits per heavy atom. The quantitative estimate of drug-likeness (QED) is 0.827. The molecule has 0 saturated carbocycles. The molecule has 0 unspecified atom stereocenters. The standard InChI is InChI=1S/C11H16N4O/c1-8(2)15(6-4-5-12)10-7-11(16)14-9(3)13-10/h7-8H,4,6H2,1-3H3,(H,13,14,16). The molecular weight excluding hydrogens is 204 g/mol. The van der Waals surface area contributed by atoms with Gasteiger partial charge in [0.1, 0.15) is 11.6 Å². The van der Waals surface area contributed by atoms with E-state index in [4.69, 9.17) is 5.26 Å². The van der Waals surface area contributed by atoms with Crippen molar-refractivity contribution in [2.75, 3.05) is 11.4 Å². The smallest absolute Gasteiger partial charge is 0.252 e. The Morgan fingerprint density at radius 1 is 1.62 bits per heavy atom. The summed E-state index contributed by atoms with van der Waals surface area (Å²) in [6.45, 7) is 6.35. The summed E-state index contributed by atoms with van der Waals surface area (Å²) < 4.78 is 0. The summed E-state index contributed by atoms with van der Waals surface area (Å²) in [7, 11) is 0. The molecule has 0 spiro atoms. The first-order valence-corrected chi connectivity index (χ1v) is 5.26. The molecule has 0 aliphatic heterocycles. The zero-order valence-corrected chi connectivity index (χ0v) is 9.82. The maximum absolute atomic E-state index is 11.3. The highest BCUT2D eigenvalue weighted by atomic mass is 16.1. The molecule has 0 aliphatic carbocycles. The lowest BCUT2D eigenvalue weighted by molar-refractivity contribution is 0.673. The average molecular weight is 220 g/mol. The Labute approximate surface area is 94.7 Å². The number of aromatic amines is 1. The molecule has 0 radical (unpaired) electrons. The maximum Gasteiger partial charge on any atom is 0.252 e. The van der Waals surface area contributed by atoms with Crippen molar-refractivity contribution in [3.63, 3.8) is 0 Å². The minimum absolute atomic E-state index is 0.162. The van der Waals surface area contributed by atoms with Crippen LogP contribution in [0.5, 0.6) is 0 Å². The molecule has 0 bridgehead atoms. The Bertz CT molecular complexity index is 444. The molecule has 0 atom stereocenters. The number of aromatic nitrogens is 2. The van der Waals surface area contributed by atoms with Gasteiger partial charge in [0.05, 0.1) is 12.5 Å². The van der Waals surface area contributed by atoms with Crippen LogP contribution in [0.3, 0.4) is 0 Å². The molecule has 1 aromatic heterocycles. The average Bonchev–Trinajstić information content (AvgIpc) is 2.16. The van der Waals surface area contributed by atoms with Gasteiger partial charge in [-0.05, 0) is 20.8 Å². The lowest BCUT2D eigenvalue weighted by Crippen LogP contribution is -2.33. The number of anilines is 1. The normalized spacial score (nSPS) is 10.2. The number of hydrogen-bond donors (Lipinski definition) is 1. The number of rotatable bonds is 4. The van der Waals surface area contributed by atoms with E-state index in [0.717, 1.165) is 0 Å². The lowest BCUT2D eigenvalue weighted by atomic mass is 10.3. The van der Waals surface area contributed by atoms with Gasteiger partial charge in [-0.1, -0.05) is 0 Å². The van der Waals surface area contributed by atoms with Crippen molar-refractivity contribution in [3.05, 3.63) is 22.2 Å². The van der Waals surface area contributed by atoms with Crippen molar-refractivity contribution in [2.24, 2.45) is 0 Å². The van der Waals surface area contributed by atoms with E-state index in [1.807, 2.05) is 18.7 Å². The SMILES string of the molecule is Cc1nc(N(CCC#N)C(C)C)cc(=O)[nH]1. The van der Waals surface area contributed by atoms with Gasteiger partial charge in [0.15, 0.2) is 0 Å². The summed E-state index contributed by atoms with van der Waals surface area (Å²) in [5.41, 5.74) is -0.162. The second-order valence-electron chi connectivity index (χ2n) is 3.88. The summed E-state index contributed by atoms with van der Waals surface area (Å²) in [4.78, 5) is 20.1. The van der Waals surface area contributed by atoms with Gasteiger partial charge in [-0.15, -0.1) is 0 Å². The third-order valence-corrected chi connectivity index (χ3v) is 2.23. The molecule has 0 aromatic carbocycles. The Hall–Kier alpha value is -1.83. The molecule has 86 valence electrons. The first-order chi connectivity index (χ1) is 7.54. The Balaban J connectivity index is 3.01. The monoisotopic (exact) mass is 220 g/mol. The molecule has 16 heavy (non-hydrogen) atoms. The van der Waals surface area contributed by atoms with E-state index in [-0.39, 0.29) is 11.6 Å². The first-order valence-electron chi connectivity index (χ1n) is 5.26. The van der Waals surface area contributed by atoms with Crippen molar-refractivity contribution in [2.45, 2.75) is 33.2 Å². The fourth-order valence-corrected chi connectivity index (χ4v) is 1.52. The number of hydrogen-bond acceptors (Lipinski definition) is 4. The van der Waals surface area contributed by atoms with Crippen molar-refractivity contribution in [1.29, 1.82) is 5.26 Å². The second kappa shape index (κ2) is 5.31. The summed E-state index contributed by atoms with van der Waals surface area (Å²) in [6.07, 6.45) is 0.422. The van der Waals surface area contributed by atoms with Crippen LogP contribution < -0.4 is 10.5 Å². The van der Waals surface area contributed by atoms with Crippen LogP contribution in [0.1, 0.15) is 26.1 Å². The first kappa shape index (κ1) is 12.2. The van der Waals surface area contributed by atoms with Gasteiger partial charge in [0.25, 0.3) is 5.56 Å². The summed E-state index contributed by atoms with van der Waals surface area (Å²) in [6, 6.07) is 3.77. The maximum atomic E-state index is 11.3. The van der Waals surface area contributed by atoms with Crippen molar-refractivity contribution in [1.82, 2.24) is 9.97 Å². The third-order valence-electron chi connectivity index (χ3n) is 2.23. The fraction of sp³-hybridized carbons (Fsp3) is 0.545. The topological polar surface area (TPSA) is 72.8 Å². The molecule has 0 saturated heterocycles. The van der Waals surface area contributed by atoms with E-state index in [1.54, 1.807) is 6.92 Å². The predicted octanol–water partition coefficient (Wildman–Crippen LogP) is 1.21. The molecule has 5 nitrogen and oxygen atoms in total. The molecule has 5 heteroatoms. The van der Waals surface area contributed by atoms with Gasteiger partial charge in [-0.3, -0.25) is 4.79 Å². The second-order valence-corrected chi connectivity index (χ2v) is 3.88. The minimum Gasteiger partial charge on any atom is -0.353 e. The van der Waals surface area contributed by atoms with Gasteiger partial charge in [-0.25, -0.2) is 4.98 Å². The number of H-pyrrole nitrogens is 1. The van der Waals surface area contributed by atoms with Crippen LogP contribution in [0.25, 0.3) is 0 Å². The van der Waals surface area contributed by atoms with Crippen LogP contribution in [0, 0.1) is 18.3 Å². The zero-order valence-electron chi connectivity index (χ0n) is 9.82. The number of aryl methyl sites for hydroxylation is 1. The predicted molar refractivity (Wildman–Crippen MR) is 62.3 cm³/mol. The van der Waals surface area contributed by atoms with Gasteiger partial charge < -0.3 is 9.88 Å². The van der Waals surface area contributed by atoms with Crippen LogP contribution in [0.4, 0.5) is 5.82 Å². The van der Waals surface area contributed by atoms with E-state index in [0.29, 0.717) is 24.6 Å². The van der Waals surface area contributed by atoms with E-state index in [1.165, 1.54) is 6.07 Å². The summed E-state index contributed by atoms with van der Waals surface area (Å²) in [5, 5.41) is 8.59. The molecule has 1 N–H and O–H groups in total. The summed E-state index contributed by atoms with van der Waals surface area (Å²) >= 11 is 0. The Morgan fingerprint density at radius 2 is 2.31 bits per heavy atom. The van der Waals surface area contributed by atoms with E-state index in [2.05, 4.69) is 16.0 Å². The molecular formula is C11H16N4O. The van der Waals surface area contributed by atoms with Crippen LogP contribution >= 0.6 is 0 Å². The molecule has 1 aromatic rings. The molecule has 0 aliphatic rings. The number of nitrogens with one attached hydrogen (secondary N) is 1. The summed E-state index contributed by atoms with van der Waals surface area (Å²) in [5.74, 6) is 1.22. The molecule has 1 rings (SSSR count). The highest BCUT2D eigenvalue weighted by Gasteiger charge is 2.12. The van der Waals surface area contributed by atoms with Crippen LogP contribution in [-0.2, 0) is 0 Å². The third kappa shape index (κ3) is 3.09. The molecule has 0 fully saturated rings. The van der Waals surface area contributed by atoms with Crippen molar-refractivity contribution >= 4 is 5.82 Å².